The Morgan fingerprint density at radius 1 is 1.02 bits per heavy atom. The predicted molar refractivity (Wildman–Crippen MR) is 171 cm³/mol. The number of fused-ring (bicyclic) bond motifs is 4. The maximum absolute atomic E-state index is 13.6. The van der Waals surface area contributed by atoms with Crippen LogP contribution in [0.15, 0.2) is 24.3 Å². The lowest BCUT2D eigenvalue weighted by Gasteiger charge is -2.54. The van der Waals surface area contributed by atoms with Gasteiger partial charge in [0.1, 0.15) is 12.2 Å². The fourth-order valence-electron chi connectivity index (χ4n) is 7.81. The smallest absolute Gasteiger partial charge is 0.416 e. The Bertz CT molecular complexity index is 1490. The number of esters is 1. The zero-order valence-electron chi connectivity index (χ0n) is 28.4. The molecule has 46 heavy (non-hydrogen) atoms. The van der Waals surface area contributed by atoms with Gasteiger partial charge in [-0.3, -0.25) is 9.78 Å². The quantitative estimate of drug-likeness (QED) is 0.235. The summed E-state index contributed by atoms with van der Waals surface area (Å²) >= 11 is 0. The van der Waals surface area contributed by atoms with Crippen molar-refractivity contribution in [3.05, 3.63) is 63.5 Å². The molecule has 6 nitrogen and oxygen atoms in total. The van der Waals surface area contributed by atoms with Crippen molar-refractivity contribution < 1.29 is 36.6 Å². The minimum atomic E-state index is -4.43. The molecule has 2 aliphatic heterocycles. The number of hydrogen-bond donors (Lipinski definition) is 0. The number of benzene rings is 1. The SMILES string of the molecule is CC(=O)O[C@H]1c2nc(C(C)C)c3c(c2C(O[Si](C)(C)C(C)(C)C)CC12CCC2)C1(CCOCC1)O[C@@H]3c1ccc(C(F)(F)F)cc1. The molecule has 2 fully saturated rings. The van der Waals surface area contributed by atoms with Crippen LogP contribution in [0.4, 0.5) is 13.2 Å². The first-order chi connectivity index (χ1) is 21.4. The van der Waals surface area contributed by atoms with Gasteiger partial charge >= 0.3 is 12.1 Å². The highest BCUT2D eigenvalue weighted by Gasteiger charge is 2.59. The molecule has 3 heterocycles. The van der Waals surface area contributed by atoms with E-state index in [2.05, 4.69) is 47.7 Å². The summed E-state index contributed by atoms with van der Waals surface area (Å²) in [7, 11) is -2.31. The standard InChI is InChI=1S/C36H48F3NO5Si/c1-21(2)29-27-28(35(16-18-42-19-17-35)44-31(27)23-10-12-24(13-11-23)36(37,38)39)26-25(45-46(7,8)33(4,5)6)20-34(14-9-15-34)32(30(26)40-29)43-22(3)41/h10-13,21,25,31-32H,9,14-20H2,1-8H3/t25?,31-,32+/m1/s1. The van der Waals surface area contributed by atoms with Gasteiger partial charge in [0.15, 0.2) is 8.32 Å². The first-order valence-electron chi connectivity index (χ1n) is 16.7. The summed E-state index contributed by atoms with van der Waals surface area (Å²) in [5.74, 6) is -0.356. The van der Waals surface area contributed by atoms with Crippen molar-refractivity contribution >= 4 is 14.3 Å². The van der Waals surface area contributed by atoms with Crippen LogP contribution in [0.25, 0.3) is 0 Å². The predicted octanol–water partition coefficient (Wildman–Crippen LogP) is 9.59. The molecule has 1 unspecified atom stereocenters. The highest BCUT2D eigenvalue weighted by atomic mass is 28.4. The second kappa shape index (κ2) is 11.4. The van der Waals surface area contributed by atoms with Crippen molar-refractivity contribution in [2.24, 2.45) is 5.41 Å². The van der Waals surface area contributed by atoms with Crippen molar-refractivity contribution in [2.75, 3.05) is 13.2 Å². The molecular formula is C36H48F3NO5Si. The Labute approximate surface area is 271 Å². The number of carbonyl (C=O) groups excluding carboxylic acids is 1. The molecule has 252 valence electrons. The number of carbonyl (C=O) groups is 1. The summed E-state index contributed by atoms with van der Waals surface area (Å²) in [6.07, 6.45) is -0.982. The molecule has 0 amide bonds. The molecule has 4 aliphatic rings. The monoisotopic (exact) mass is 659 g/mol. The Kier molecular flexibility index (Phi) is 8.34. The number of ether oxygens (including phenoxy) is 3. The van der Waals surface area contributed by atoms with Crippen molar-refractivity contribution in [3.8, 4) is 0 Å². The number of aromatic nitrogens is 1. The average Bonchev–Trinajstić information content (AvgIpc) is 3.25. The summed E-state index contributed by atoms with van der Waals surface area (Å²) in [6, 6.07) is 5.34. The largest absolute Gasteiger partial charge is 0.455 e. The third kappa shape index (κ3) is 5.54. The minimum absolute atomic E-state index is 0.0217. The molecule has 1 aromatic carbocycles. The van der Waals surface area contributed by atoms with Crippen LogP contribution in [-0.2, 0) is 35.2 Å². The maximum Gasteiger partial charge on any atom is 0.416 e. The Balaban J connectivity index is 1.64. The van der Waals surface area contributed by atoms with E-state index in [-0.39, 0.29) is 28.4 Å². The van der Waals surface area contributed by atoms with E-state index >= 15 is 0 Å². The fourth-order valence-corrected chi connectivity index (χ4v) is 9.08. The summed E-state index contributed by atoms with van der Waals surface area (Å²) in [6.45, 7) is 17.9. The van der Waals surface area contributed by atoms with Crippen molar-refractivity contribution in [1.82, 2.24) is 4.98 Å². The van der Waals surface area contributed by atoms with Gasteiger partial charge in [0, 0.05) is 55.2 Å². The molecule has 0 bridgehead atoms. The number of hydrogen-bond acceptors (Lipinski definition) is 6. The van der Waals surface area contributed by atoms with Crippen molar-refractivity contribution in [2.45, 2.75) is 134 Å². The number of alkyl halides is 3. The lowest BCUT2D eigenvalue weighted by Crippen LogP contribution is -2.49. The average molecular weight is 660 g/mol. The lowest BCUT2D eigenvalue weighted by molar-refractivity contribution is -0.167. The Morgan fingerprint density at radius 3 is 2.15 bits per heavy atom. The van der Waals surface area contributed by atoms with Crippen molar-refractivity contribution in [1.29, 1.82) is 0 Å². The van der Waals surface area contributed by atoms with Crippen LogP contribution in [0.1, 0.15) is 144 Å². The zero-order chi connectivity index (χ0) is 33.4. The second-order valence-corrected chi connectivity index (χ2v) is 20.5. The summed E-state index contributed by atoms with van der Waals surface area (Å²) in [4.78, 5) is 18.1. The van der Waals surface area contributed by atoms with Crippen LogP contribution in [0.2, 0.25) is 18.1 Å². The van der Waals surface area contributed by atoms with Gasteiger partial charge in [-0.05, 0) is 66.6 Å². The van der Waals surface area contributed by atoms with Crippen LogP contribution in [0, 0.1) is 5.41 Å². The van der Waals surface area contributed by atoms with E-state index in [0.29, 0.717) is 31.6 Å². The van der Waals surface area contributed by atoms with Gasteiger partial charge in [0.05, 0.1) is 23.0 Å². The molecule has 10 heteroatoms. The third-order valence-electron chi connectivity index (χ3n) is 11.4. The fraction of sp³-hybridized carbons (Fsp3) is 0.667. The summed E-state index contributed by atoms with van der Waals surface area (Å²) < 4.78 is 67.3. The number of nitrogens with zero attached hydrogens (tertiary/aromatic N) is 1. The van der Waals surface area contributed by atoms with E-state index in [0.717, 1.165) is 65.9 Å². The maximum atomic E-state index is 13.6. The Morgan fingerprint density at radius 2 is 1.65 bits per heavy atom. The van der Waals surface area contributed by atoms with E-state index in [4.69, 9.17) is 23.6 Å². The number of rotatable bonds is 5. The van der Waals surface area contributed by atoms with Gasteiger partial charge in [-0.2, -0.15) is 13.2 Å². The number of halogens is 3. The van der Waals surface area contributed by atoms with Crippen LogP contribution in [0.5, 0.6) is 0 Å². The normalized spacial score (nSPS) is 25.3. The van der Waals surface area contributed by atoms with E-state index in [9.17, 15) is 18.0 Å². The summed E-state index contributed by atoms with van der Waals surface area (Å²) in [5, 5.41) is -0.0449. The highest BCUT2D eigenvalue weighted by Crippen LogP contribution is 2.65. The van der Waals surface area contributed by atoms with Gasteiger partial charge in [0.25, 0.3) is 0 Å². The van der Waals surface area contributed by atoms with Gasteiger partial charge in [-0.15, -0.1) is 0 Å². The lowest BCUT2D eigenvalue weighted by atomic mass is 9.57. The van der Waals surface area contributed by atoms with Crippen LogP contribution < -0.4 is 0 Å². The van der Waals surface area contributed by atoms with Crippen molar-refractivity contribution in [3.63, 3.8) is 0 Å². The Hall–Kier alpha value is -2.27. The van der Waals surface area contributed by atoms with E-state index in [1.807, 2.05) is 0 Å². The number of pyridine rings is 1. The molecule has 6 rings (SSSR count). The minimum Gasteiger partial charge on any atom is -0.455 e. The summed E-state index contributed by atoms with van der Waals surface area (Å²) in [5.41, 5.74) is 3.50. The molecule has 2 aliphatic carbocycles. The van der Waals surface area contributed by atoms with Crippen LogP contribution in [0.3, 0.4) is 0 Å². The third-order valence-corrected chi connectivity index (χ3v) is 15.9. The molecular weight excluding hydrogens is 611 g/mol. The second-order valence-electron chi connectivity index (χ2n) is 15.7. The van der Waals surface area contributed by atoms with Gasteiger partial charge in [-0.1, -0.05) is 53.2 Å². The zero-order valence-corrected chi connectivity index (χ0v) is 29.4. The molecule has 1 aromatic heterocycles. The van der Waals surface area contributed by atoms with Gasteiger partial charge in [0.2, 0.25) is 0 Å². The van der Waals surface area contributed by atoms with Gasteiger partial charge in [-0.25, -0.2) is 0 Å². The highest BCUT2D eigenvalue weighted by molar-refractivity contribution is 6.74. The molecule has 0 N–H and O–H groups in total. The molecule has 0 radical (unpaired) electrons. The van der Waals surface area contributed by atoms with Crippen LogP contribution in [-0.4, -0.2) is 32.5 Å². The van der Waals surface area contributed by atoms with E-state index < -0.39 is 37.9 Å². The molecule has 3 atom stereocenters. The first kappa shape index (κ1) is 33.6. The molecule has 1 saturated heterocycles. The van der Waals surface area contributed by atoms with Gasteiger partial charge < -0.3 is 18.6 Å². The molecule has 1 saturated carbocycles. The van der Waals surface area contributed by atoms with E-state index in [1.165, 1.54) is 19.1 Å². The topological polar surface area (TPSA) is 66.9 Å². The first-order valence-corrected chi connectivity index (χ1v) is 19.7. The molecule has 2 spiro atoms. The van der Waals surface area contributed by atoms with Crippen LogP contribution >= 0.6 is 0 Å². The molecule has 2 aromatic rings. The van der Waals surface area contributed by atoms with E-state index in [1.54, 1.807) is 0 Å².